The Kier molecular flexibility index (Phi) is 9.92. The number of rotatable bonds is 11. The van der Waals surface area contributed by atoms with Crippen LogP contribution in [0.15, 0.2) is 34.9 Å². The van der Waals surface area contributed by atoms with Gasteiger partial charge in [-0.1, -0.05) is 39.3 Å². The van der Waals surface area contributed by atoms with Crippen molar-refractivity contribution in [3.8, 4) is 0 Å². The first-order valence-corrected chi connectivity index (χ1v) is 17.1. The van der Waals surface area contributed by atoms with E-state index in [-0.39, 0.29) is 63.7 Å². The van der Waals surface area contributed by atoms with Crippen molar-refractivity contribution in [3.63, 3.8) is 0 Å². The third-order valence-corrected chi connectivity index (χ3v) is 12.3. The number of nitro benzene ring substituents is 2. The molecule has 0 aromatic heterocycles. The second kappa shape index (κ2) is 13.4. The number of non-ortho nitro benzene ring substituents is 1. The maximum absolute atomic E-state index is 13.9. The van der Waals surface area contributed by atoms with Crippen molar-refractivity contribution in [1.29, 1.82) is 0 Å². The molecule has 4 aliphatic carbocycles. The Morgan fingerprint density at radius 1 is 1.09 bits per heavy atom. The number of nitro groups is 2. The summed E-state index contributed by atoms with van der Waals surface area (Å²) in [4.78, 5) is 47.0. The lowest BCUT2D eigenvalue weighted by atomic mass is 9.47. The second-order valence-corrected chi connectivity index (χ2v) is 15.1. The van der Waals surface area contributed by atoms with E-state index in [1.54, 1.807) is 0 Å². The Bertz CT molecular complexity index is 1490. The normalized spacial score (nSPS) is 33.4. The van der Waals surface area contributed by atoms with Gasteiger partial charge in [-0.05, 0) is 91.9 Å². The van der Waals surface area contributed by atoms with Crippen molar-refractivity contribution in [1.82, 2.24) is 5.32 Å². The van der Waals surface area contributed by atoms with Gasteiger partial charge in [0.1, 0.15) is 11.5 Å². The number of hydrogen-bond acceptors (Lipinski definition) is 9. The number of amides is 1. The zero-order valence-corrected chi connectivity index (χ0v) is 28.2. The van der Waals surface area contributed by atoms with Gasteiger partial charge < -0.3 is 10.4 Å². The van der Waals surface area contributed by atoms with Crippen LogP contribution in [0.1, 0.15) is 92.4 Å². The van der Waals surface area contributed by atoms with Gasteiger partial charge in [-0.15, -0.1) is 0 Å². The minimum absolute atomic E-state index is 0.0436. The van der Waals surface area contributed by atoms with E-state index in [4.69, 9.17) is 5.10 Å². The summed E-state index contributed by atoms with van der Waals surface area (Å²) in [6.45, 7) is 10.7. The molecule has 1 aromatic carbocycles. The largest absolute Gasteiger partial charge is 0.393 e. The maximum Gasteiger partial charge on any atom is 0.301 e. The van der Waals surface area contributed by atoms with Crippen LogP contribution >= 0.6 is 0 Å². The Labute approximate surface area is 276 Å². The van der Waals surface area contributed by atoms with Crippen molar-refractivity contribution in [2.75, 3.05) is 12.0 Å². The number of carbonyl (C=O) groups is 2. The van der Waals surface area contributed by atoms with Crippen LogP contribution in [0.2, 0.25) is 0 Å². The fraction of sp³-hybridized carbons (Fsp3) is 0.686. The lowest BCUT2D eigenvalue weighted by Gasteiger charge is -2.58. The molecule has 12 nitrogen and oxygen atoms in total. The molecule has 47 heavy (non-hydrogen) atoms. The van der Waals surface area contributed by atoms with Crippen molar-refractivity contribution < 1.29 is 24.5 Å². The van der Waals surface area contributed by atoms with Crippen LogP contribution in [0, 0.1) is 66.6 Å². The molecule has 0 bridgehead atoms. The fourth-order valence-electron chi connectivity index (χ4n) is 9.70. The molecule has 0 spiro atoms. The van der Waals surface area contributed by atoms with Crippen LogP contribution in [0.4, 0.5) is 17.1 Å². The van der Waals surface area contributed by atoms with E-state index >= 15 is 0 Å². The number of fused-ring (bicyclic) bond motifs is 5. The van der Waals surface area contributed by atoms with E-state index in [0.717, 1.165) is 50.3 Å². The van der Waals surface area contributed by atoms with E-state index in [0.29, 0.717) is 37.6 Å². The van der Waals surface area contributed by atoms with Gasteiger partial charge in [0.15, 0.2) is 0 Å². The van der Waals surface area contributed by atoms with E-state index in [2.05, 4.69) is 30.7 Å². The summed E-state index contributed by atoms with van der Waals surface area (Å²) >= 11 is 0. The number of aliphatic hydroxyl groups is 1. The summed E-state index contributed by atoms with van der Waals surface area (Å²) in [5, 5.41) is 41.2. The molecule has 0 unspecified atom stereocenters. The Hall–Kier alpha value is -3.67. The topological polar surface area (TPSA) is 177 Å². The van der Waals surface area contributed by atoms with Crippen molar-refractivity contribution in [3.05, 3.63) is 50.1 Å². The minimum Gasteiger partial charge on any atom is -0.393 e. The number of nitrogens with zero attached hydrogens (tertiary/aromatic N) is 3. The van der Waals surface area contributed by atoms with E-state index < -0.39 is 15.5 Å². The Morgan fingerprint density at radius 2 is 1.83 bits per heavy atom. The monoisotopic (exact) mass is 651 g/mol. The summed E-state index contributed by atoms with van der Waals surface area (Å²) < 4.78 is 0. The first-order valence-electron chi connectivity index (χ1n) is 17.1. The molecule has 0 heterocycles. The molecule has 1 amide bonds. The molecule has 256 valence electrons. The third-order valence-electron chi connectivity index (χ3n) is 12.3. The first-order chi connectivity index (χ1) is 22.2. The molecule has 3 N–H and O–H groups in total. The van der Waals surface area contributed by atoms with Crippen LogP contribution in [0.25, 0.3) is 0 Å². The summed E-state index contributed by atoms with van der Waals surface area (Å²) in [6.07, 6.45) is 9.17. The molecule has 4 aliphatic rings. The molecule has 1 aromatic rings. The van der Waals surface area contributed by atoms with Gasteiger partial charge in [0.05, 0.1) is 22.0 Å². The van der Waals surface area contributed by atoms with Gasteiger partial charge in [0.25, 0.3) is 5.69 Å². The lowest BCUT2D eigenvalue weighted by molar-refractivity contribution is -0.393. The molecular formula is C35H49N5O7. The number of hydrazone groups is 1. The molecular weight excluding hydrogens is 602 g/mol. The van der Waals surface area contributed by atoms with Gasteiger partial charge in [-0.2, -0.15) is 5.10 Å². The average Bonchev–Trinajstić information content (AvgIpc) is 3.33. The minimum atomic E-state index is -0.667. The molecule has 0 radical (unpaired) electrons. The summed E-state index contributed by atoms with van der Waals surface area (Å²) in [5.74, 6) is 0.795. The lowest BCUT2D eigenvalue weighted by Crippen LogP contribution is -2.51. The number of Topliss-reactive ketones (excluding diaryl/α,β-unsaturated/α-hetero) is 1. The number of nitrogens with one attached hydrogen (secondary N) is 2. The van der Waals surface area contributed by atoms with E-state index in [1.807, 2.05) is 13.8 Å². The predicted molar refractivity (Wildman–Crippen MR) is 179 cm³/mol. The number of aliphatic hydroxyl groups excluding tert-OH is 1. The van der Waals surface area contributed by atoms with Gasteiger partial charge in [0, 0.05) is 43.5 Å². The molecule has 3 saturated carbocycles. The number of ketones is 1. The SMILES string of the molecule is CC(=O)NC[C@@H](C)CCC(=O)[C@@H](C)[C@@H]1/C(=N\Nc2ccc([N+](=O)[O-])cc2[N+](=O)[O-])C[C@H]2[C@H]3CC=C4C[C@@H](O)CC[C@]4(C)[C@@H]3CC[C@@]21C. The van der Waals surface area contributed by atoms with Crippen LogP contribution in [0.3, 0.4) is 0 Å². The summed E-state index contributed by atoms with van der Waals surface area (Å²) in [6, 6.07) is 3.46. The highest BCUT2D eigenvalue weighted by Crippen LogP contribution is 2.66. The quantitative estimate of drug-likeness (QED) is 0.136. The van der Waals surface area contributed by atoms with Gasteiger partial charge in [-0.25, -0.2) is 0 Å². The molecule has 0 saturated heterocycles. The van der Waals surface area contributed by atoms with Crippen LogP contribution < -0.4 is 10.7 Å². The molecule has 0 aliphatic heterocycles. The number of hydrogen-bond donors (Lipinski definition) is 3. The molecule has 5 rings (SSSR count). The van der Waals surface area contributed by atoms with Gasteiger partial charge in [0.2, 0.25) is 5.91 Å². The van der Waals surface area contributed by atoms with Crippen molar-refractivity contribution in [2.24, 2.45) is 51.4 Å². The van der Waals surface area contributed by atoms with E-state index in [1.165, 1.54) is 24.6 Å². The highest BCUT2D eigenvalue weighted by atomic mass is 16.6. The summed E-state index contributed by atoms with van der Waals surface area (Å²) in [5.41, 5.74) is 4.18. The zero-order valence-electron chi connectivity index (χ0n) is 28.2. The molecule has 12 heteroatoms. The Balaban J connectivity index is 1.46. The maximum atomic E-state index is 13.9. The first kappa shape index (κ1) is 34.7. The van der Waals surface area contributed by atoms with Gasteiger partial charge in [-0.3, -0.25) is 35.2 Å². The number of benzene rings is 1. The number of allylic oxidation sites excluding steroid dienone is 1. The number of anilines is 1. The van der Waals surface area contributed by atoms with Gasteiger partial charge >= 0.3 is 5.69 Å². The van der Waals surface area contributed by atoms with Crippen LogP contribution in [0.5, 0.6) is 0 Å². The standard InChI is InChI=1S/C35H49N5O7/c1-20(19-36-22(3)41)6-11-32(43)21(2)33-30(38-37-29-10-8-24(39(44)45)17-31(29)40(46)47)18-28-26-9-7-23-16-25(42)12-14-34(23,4)27(26)13-15-35(28,33)5/h7-8,10,17,20-21,25-28,33,37,42H,6,9,11-16,18-19H2,1-5H3,(H,36,41)/b38-30-/t20-,21+,25-,26-,27+,28-,33+,34-,35-/m0/s1. The fourth-order valence-corrected chi connectivity index (χ4v) is 9.70. The smallest absolute Gasteiger partial charge is 0.301 e. The number of carbonyl (C=O) groups excluding carboxylic acids is 2. The van der Waals surface area contributed by atoms with Crippen molar-refractivity contribution >= 4 is 34.5 Å². The Morgan fingerprint density at radius 3 is 2.51 bits per heavy atom. The predicted octanol–water partition coefficient (Wildman–Crippen LogP) is 6.58. The highest BCUT2D eigenvalue weighted by molar-refractivity contribution is 5.96. The zero-order chi connectivity index (χ0) is 34.3. The molecule has 9 atom stereocenters. The molecule has 3 fully saturated rings. The van der Waals surface area contributed by atoms with Crippen molar-refractivity contribution in [2.45, 2.75) is 98.5 Å². The van der Waals surface area contributed by atoms with Crippen LogP contribution in [-0.2, 0) is 9.59 Å². The third kappa shape index (κ3) is 6.71. The van der Waals surface area contributed by atoms with E-state index in [9.17, 15) is 34.9 Å². The van der Waals surface area contributed by atoms with Crippen LogP contribution in [-0.4, -0.2) is 45.0 Å². The second-order valence-electron chi connectivity index (χ2n) is 15.1. The highest BCUT2D eigenvalue weighted by Gasteiger charge is 2.61. The average molecular weight is 652 g/mol. The summed E-state index contributed by atoms with van der Waals surface area (Å²) in [7, 11) is 0.